The summed E-state index contributed by atoms with van der Waals surface area (Å²) < 4.78 is 23.6. The monoisotopic (exact) mass is 852 g/mol. The Hall–Kier alpha value is -1.54. The van der Waals surface area contributed by atoms with Gasteiger partial charge in [0.05, 0.1) is 39.9 Å². The highest BCUT2D eigenvalue weighted by atomic mass is 31.2. The van der Waals surface area contributed by atoms with E-state index in [9.17, 15) is 19.4 Å². The molecule has 9 heteroatoms. The number of amides is 1. The Kier molecular flexibility index (Phi) is 40.7. The number of aliphatic hydroxyl groups excluding tert-OH is 1. The van der Waals surface area contributed by atoms with Crippen molar-refractivity contribution >= 4 is 13.7 Å². The van der Waals surface area contributed by atoms with Crippen molar-refractivity contribution in [2.75, 3.05) is 40.9 Å². The first kappa shape index (κ1) is 57.5. The average molecular weight is 852 g/mol. The molecule has 0 aromatic heterocycles. The number of carbonyl (C=O) groups is 1. The van der Waals surface area contributed by atoms with Crippen LogP contribution in [0.1, 0.15) is 213 Å². The minimum absolute atomic E-state index is 0.0587. The van der Waals surface area contributed by atoms with Crippen LogP contribution >= 0.6 is 7.82 Å². The predicted molar refractivity (Wildman–Crippen MR) is 254 cm³/mol. The van der Waals surface area contributed by atoms with Crippen LogP contribution in [-0.4, -0.2) is 73.4 Å². The van der Waals surface area contributed by atoms with Crippen molar-refractivity contribution in [1.29, 1.82) is 0 Å². The molecule has 3 atom stereocenters. The number of phosphoric ester groups is 1. The summed E-state index contributed by atoms with van der Waals surface area (Å²) in [7, 11) is 1.56. The summed E-state index contributed by atoms with van der Waals surface area (Å²) in [6.45, 7) is 4.79. The van der Waals surface area contributed by atoms with Crippen LogP contribution in [0.2, 0.25) is 0 Å². The molecule has 0 spiro atoms. The number of aliphatic hydroxyl groups is 1. The van der Waals surface area contributed by atoms with E-state index in [0.29, 0.717) is 17.4 Å². The maximum absolute atomic E-state index is 12.9. The Bertz CT molecular complexity index is 1100. The quantitative estimate of drug-likeness (QED) is 0.0244. The van der Waals surface area contributed by atoms with E-state index in [4.69, 9.17) is 9.05 Å². The SMILES string of the molecule is CCCCCCC/C=C\C/C=C\C/C=C\CCCCCCCCCCC(=O)NC(COP(=O)(O)OCC[N+](C)(C)C)C(O)/C=C/CCCCCCCCCCCCCC. The second kappa shape index (κ2) is 41.8. The van der Waals surface area contributed by atoms with Crippen LogP contribution in [0.15, 0.2) is 48.6 Å². The topological polar surface area (TPSA) is 105 Å². The van der Waals surface area contributed by atoms with E-state index >= 15 is 0 Å². The van der Waals surface area contributed by atoms with Gasteiger partial charge in [-0.1, -0.05) is 197 Å². The minimum Gasteiger partial charge on any atom is -0.387 e. The lowest BCUT2D eigenvalue weighted by molar-refractivity contribution is -0.870. The van der Waals surface area contributed by atoms with Gasteiger partial charge in [0.2, 0.25) is 5.91 Å². The highest BCUT2D eigenvalue weighted by Crippen LogP contribution is 2.43. The third-order valence-corrected chi connectivity index (χ3v) is 11.8. The molecule has 0 aliphatic rings. The molecule has 0 aromatic rings. The van der Waals surface area contributed by atoms with Crippen LogP contribution < -0.4 is 5.32 Å². The maximum Gasteiger partial charge on any atom is 0.472 e. The van der Waals surface area contributed by atoms with E-state index in [-0.39, 0.29) is 19.1 Å². The largest absolute Gasteiger partial charge is 0.472 e. The summed E-state index contributed by atoms with van der Waals surface area (Å²) in [5, 5.41) is 13.8. The standard InChI is InChI=1S/C50H95N2O6P/c1-6-8-10-12-14-16-18-20-22-23-24-25-26-27-28-29-30-32-34-36-38-40-42-44-50(54)51-48(47-58-59(55,56)57-46-45-52(3,4)5)49(53)43-41-39-37-35-33-31-21-19-17-15-13-11-9-7-2/h18,20,23-24,26-27,41,43,48-49,53H,6-17,19,21-22,25,28-40,42,44-47H2,1-5H3,(H-,51,54,55,56)/p+1/b20-18-,24-23-,27-26-,43-41+. The molecule has 3 N–H and O–H groups in total. The van der Waals surface area contributed by atoms with Gasteiger partial charge in [-0.15, -0.1) is 0 Å². The second-order valence-electron chi connectivity index (χ2n) is 17.8. The van der Waals surface area contributed by atoms with Crippen LogP contribution in [0.4, 0.5) is 0 Å². The Morgan fingerprint density at radius 2 is 0.966 bits per heavy atom. The zero-order chi connectivity index (χ0) is 43.6. The number of hydrogen-bond donors (Lipinski definition) is 3. The van der Waals surface area contributed by atoms with Gasteiger partial charge in [0.1, 0.15) is 13.2 Å². The molecule has 0 saturated carbocycles. The van der Waals surface area contributed by atoms with Crippen LogP contribution in [0.3, 0.4) is 0 Å². The maximum atomic E-state index is 12.9. The number of nitrogens with zero attached hydrogens (tertiary/aromatic N) is 1. The number of hydrogen-bond acceptors (Lipinski definition) is 5. The van der Waals surface area contributed by atoms with Crippen molar-refractivity contribution in [1.82, 2.24) is 5.32 Å². The molecule has 346 valence electrons. The molecule has 0 aliphatic carbocycles. The van der Waals surface area contributed by atoms with Crippen LogP contribution in [0, 0.1) is 0 Å². The van der Waals surface area contributed by atoms with E-state index in [1.54, 1.807) is 6.08 Å². The molecule has 0 aliphatic heterocycles. The van der Waals surface area contributed by atoms with Crippen LogP contribution in [0.5, 0.6) is 0 Å². The van der Waals surface area contributed by atoms with Crippen molar-refractivity contribution in [3.8, 4) is 0 Å². The van der Waals surface area contributed by atoms with Crippen LogP contribution in [-0.2, 0) is 18.4 Å². The number of phosphoric acid groups is 1. The Labute approximate surface area is 365 Å². The molecule has 0 bridgehead atoms. The summed E-state index contributed by atoms with van der Waals surface area (Å²) in [4.78, 5) is 23.2. The molecule has 0 heterocycles. The molecule has 0 aromatic carbocycles. The third kappa shape index (κ3) is 44.3. The number of quaternary nitrogens is 1. The number of unbranched alkanes of at least 4 members (excludes halogenated alkanes) is 25. The predicted octanol–water partition coefficient (Wildman–Crippen LogP) is 14.0. The van der Waals surface area contributed by atoms with Crippen molar-refractivity contribution in [2.24, 2.45) is 0 Å². The van der Waals surface area contributed by atoms with Gasteiger partial charge in [-0.2, -0.15) is 0 Å². The smallest absolute Gasteiger partial charge is 0.387 e. The summed E-state index contributed by atoms with van der Waals surface area (Å²) in [5.74, 6) is -0.186. The van der Waals surface area contributed by atoms with Gasteiger partial charge in [-0.3, -0.25) is 13.8 Å². The number of carbonyl (C=O) groups excluding carboxylic acids is 1. The molecule has 59 heavy (non-hydrogen) atoms. The number of rotatable bonds is 44. The van der Waals surface area contributed by atoms with Crippen LogP contribution in [0.25, 0.3) is 0 Å². The lowest BCUT2D eigenvalue weighted by Gasteiger charge is -2.25. The highest BCUT2D eigenvalue weighted by Gasteiger charge is 2.27. The third-order valence-electron chi connectivity index (χ3n) is 10.8. The number of allylic oxidation sites excluding steroid dienone is 7. The zero-order valence-electron chi connectivity index (χ0n) is 39.2. The van der Waals surface area contributed by atoms with Gasteiger partial charge < -0.3 is 19.8 Å². The summed E-state index contributed by atoms with van der Waals surface area (Å²) in [6.07, 6.45) is 53.2. The van der Waals surface area contributed by atoms with Gasteiger partial charge >= 0.3 is 7.82 Å². The number of nitrogens with one attached hydrogen (secondary N) is 1. The summed E-state index contributed by atoms with van der Waals surface area (Å²) >= 11 is 0. The van der Waals surface area contributed by atoms with Crippen molar-refractivity contribution in [2.45, 2.75) is 225 Å². The zero-order valence-corrected chi connectivity index (χ0v) is 40.1. The summed E-state index contributed by atoms with van der Waals surface area (Å²) in [5.41, 5.74) is 0. The van der Waals surface area contributed by atoms with E-state index in [0.717, 1.165) is 57.8 Å². The first-order chi connectivity index (χ1) is 28.5. The van der Waals surface area contributed by atoms with Crippen molar-refractivity contribution in [3.63, 3.8) is 0 Å². The lowest BCUT2D eigenvalue weighted by Crippen LogP contribution is -2.45. The average Bonchev–Trinajstić information content (AvgIpc) is 3.19. The van der Waals surface area contributed by atoms with Gasteiger partial charge in [0, 0.05) is 6.42 Å². The Morgan fingerprint density at radius 3 is 1.41 bits per heavy atom. The number of likely N-dealkylation sites (N-methyl/N-ethyl adjacent to an activating group) is 1. The fourth-order valence-electron chi connectivity index (χ4n) is 6.87. The van der Waals surface area contributed by atoms with E-state index < -0.39 is 20.0 Å². The molecule has 0 radical (unpaired) electrons. The molecule has 1 amide bonds. The molecule has 0 fully saturated rings. The molecular weight excluding hydrogens is 756 g/mol. The van der Waals surface area contributed by atoms with Gasteiger partial charge in [-0.05, 0) is 57.8 Å². The Morgan fingerprint density at radius 1 is 0.576 bits per heavy atom. The molecule has 8 nitrogen and oxygen atoms in total. The summed E-state index contributed by atoms with van der Waals surface area (Å²) in [6, 6.07) is -0.850. The Balaban J connectivity index is 4.33. The molecule has 0 saturated heterocycles. The first-order valence-electron chi connectivity index (χ1n) is 24.5. The van der Waals surface area contributed by atoms with Gasteiger partial charge in [-0.25, -0.2) is 4.57 Å². The lowest BCUT2D eigenvalue weighted by atomic mass is 10.0. The minimum atomic E-state index is -4.34. The molecular formula is C50H96N2O6P+. The fourth-order valence-corrected chi connectivity index (χ4v) is 7.61. The first-order valence-corrected chi connectivity index (χ1v) is 26.0. The van der Waals surface area contributed by atoms with E-state index in [2.05, 4.69) is 55.6 Å². The van der Waals surface area contributed by atoms with E-state index in [1.807, 2.05) is 27.2 Å². The fraction of sp³-hybridized carbons (Fsp3) is 0.820. The van der Waals surface area contributed by atoms with Crippen molar-refractivity contribution in [3.05, 3.63) is 48.6 Å². The second-order valence-corrected chi connectivity index (χ2v) is 19.3. The van der Waals surface area contributed by atoms with Gasteiger partial charge in [0.15, 0.2) is 0 Å². The van der Waals surface area contributed by atoms with E-state index in [1.165, 1.54) is 135 Å². The van der Waals surface area contributed by atoms with Gasteiger partial charge in [0.25, 0.3) is 0 Å². The van der Waals surface area contributed by atoms with Crippen molar-refractivity contribution < 1.29 is 32.9 Å². The molecule has 0 rings (SSSR count). The highest BCUT2D eigenvalue weighted by molar-refractivity contribution is 7.47. The molecule has 3 unspecified atom stereocenters. The normalized spacial score (nSPS) is 14.6.